The van der Waals surface area contributed by atoms with Crippen molar-refractivity contribution in [1.29, 1.82) is 0 Å². The number of nitrogens with zero attached hydrogens (tertiary/aromatic N) is 2. The summed E-state index contributed by atoms with van der Waals surface area (Å²) in [6.07, 6.45) is 0. The summed E-state index contributed by atoms with van der Waals surface area (Å²) in [5.74, 6) is -1.10. The molecule has 1 atom stereocenters. The molecule has 1 aliphatic heterocycles. The lowest BCUT2D eigenvalue weighted by Gasteiger charge is -2.23. The number of benzene rings is 3. The first-order valence-electron chi connectivity index (χ1n) is 10.7. The highest BCUT2D eigenvalue weighted by Gasteiger charge is 2.48. The number of carbonyl (C=O) groups is 2. The molecule has 1 N–H and O–H groups in total. The quantitative estimate of drug-likeness (QED) is 0.164. The first-order valence-corrected chi connectivity index (χ1v) is 12.7. The molecular weight excluding hydrogens is 552 g/mol. The molecule has 0 radical (unpaired) electrons. The van der Waals surface area contributed by atoms with Crippen molar-refractivity contribution in [3.05, 3.63) is 92.9 Å². The second kappa shape index (κ2) is 9.45. The van der Waals surface area contributed by atoms with Crippen molar-refractivity contribution < 1.29 is 19.4 Å². The summed E-state index contributed by atoms with van der Waals surface area (Å²) in [6, 6.07) is 18.4. The third-order valence-corrected chi connectivity index (χ3v) is 7.41. The van der Waals surface area contributed by atoms with E-state index >= 15 is 0 Å². The van der Waals surface area contributed by atoms with Gasteiger partial charge in [0.1, 0.15) is 11.5 Å². The standard InChI is InChI=1S/C26H18BrClN2O4S/c1-2-34-18-11-12-19-20(13-18)35-26(29-19)30-22(14-3-7-16(27)8-4-14)21(24(32)25(30)33)23(31)15-5-9-17(28)10-6-15/h3-13,22,31H,2H2,1H3. The van der Waals surface area contributed by atoms with E-state index in [0.29, 0.717) is 39.2 Å². The Labute approximate surface area is 218 Å². The van der Waals surface area contributed by atoms with Crippen molar-refractivity contribution in [2.45, 2.75) is 13.0 Å². The van der Waals surface area contributed by atoms with E-state index in [-0.39, 0.29) is 11.3 Å². The SMILES string of the molecule is CCOc1ccc2nc(N3C(=O)C(=O)C(=C(O)c4ccc(Cl)cc4)C3c3ccc(Br)cc3)sc2c1. The molecule has 1 aliphatic rings. The van der Waals surface area contributed by atoms with Crippen molar-refractivity contribution in [3.8, 4) is 5.75 Å². The maximum absolute atomic E-state index is 13.3. The third-order valence-electron chi connectivity index (χ3n) is 5.61. The minimum Gasteiger partial charge on any atom is -0.507 e. The number of anilines is 1. The molecule has 1 unspecified atom stereocenters. The van der Waals surface area contributed by atoms with Crippen LogP contribution < -0.4 is 9.64 Å². The molecule has 9 heteroatoms. The fourth-order valence-electron chi connectivity index (χ4n) is 4.01. The van der Waals surface area contributed by atoms with Crippen LogP contribution in [-0.2, 0) is 9.59 Å². The molecule has 6 nitrogen and oxygen atoms in total. The highest BCUT2D eigenvalue weighted by atomic mass is 79.9. The summed E-state index contributed by atoms with van der Waals surface area (Å²) >= 11 is 10.7. The van der Waals surface area contributed by atoms with E-state index in [4.69, 9.17) is 16.3 Å². The number of aliphatic hydroxyl groups excluding tert-OH is 1. The van der Waals surface area contributed by atoms with E-state index in [1.807, 2.05) is 49.4 Å². The van der Waals surface area contributed by atoms with Gasteiger partial charge < -0.3 is 9.84 Å². The van der Waals surface area contributed by atoms with E-state index in [9.17, 15) is 14.7 Å². The van der Waals surface area contributed by atoms with E-state index in [1.54, 1.807) is 24.3 Å². The molecule has 0 saturated carbocycles. The Bertz CT molecular complexity index is 1480. The molecule has 0 spiro atoms. The Morgan fingerprint density at radius 2 is 1.83 bits per heavy atom. The molecule has 4 aromatic rings. The van der Waals surface area contributed by atoms with Crippen molar-refractivity contribution in [2.75, 3.05) is 11.5 Å². The predicted molar refractivity (Wildman–Crippen MR) is 141 cm³/mol. The Balaban J connectivity index is 1.69. The molecule has 0 aliphatic carbocycles. The van der Waals surface area contributed by atoms with Gasteiger partial charge in [-0.05, 0) is 67.1 Å². The smallest absolute Gasteiger partial charge is 0.301 e. The monoisotopic (exact) mass is 568 g/mol. The lowest BCUT2D eigenvalue weighted by Crippen LogP contribution is -2.29. The number of rotatable bonds is 5. The number of thiazole rings is 1. The number of ether oxygens (including phenoxy) is 1. The predicted octanol–water partition coefficient (Wildman–Crippen LogP) is 6.74. The topological polar surface area (TPSA) is 79.7 Å². The minimum absolute atomic E-state index is 0.00564. The van der Waals surface area contributed by atoms with Crippen LogP contribution in [0.1, 0.15) is 24.1 Å². The average molecular weight is 570 g/mol. The zero-order valence-corrected chi connectivity index (χ0v) is 21.5. The number of aromatic nitrogens is 1. The van der Waals surface area contributed by atoms with Gasteiger partial charge >= 0.3 is 5.91 Å². The van der Waals surface area contributed by atoms with Gasteiger partial charge in [-0.2, -0.15) is 0 Å². The maximum Gasteiger partial charge on any atom is 0.301 e. The lowest BCUT2D eigenvalue weighted by molar-refractivity contribution is -0.132. The van der Waals surface area contributed by atoms with E-state index in [0.717, 1.165) is 9.17 Å². The van der Waals surface area contributed by atoms with Gasteiger partial charge in [-0.15, -0.1) is 0 Å². The second-order valence-corrected chi connectivity index (χ2v) is 10.1. The lowest BCUT2D eigenvalue weighted by atomic mass is 9.95. The van der Waals surface area contributed by atoms with Crippen LogP contribution in [0.4, 0.5) is 5.13 Å². The van der Waals surface area contributed by atoms with E-state index in [2.05, 4.69) is 20.9 Å². The zero-order valence-electron chi connectivity index (χ0n) is 18.4. The number of halogens is 2. The highest BCUT2D eigenvalue weighted by Crippen LogP contribution is 2.44. The van der Waals surface area contributed by atoms with Gasteiger partial charge in [-0.25, -0.2) is 4.98 Å². The van der Waals surface area contributed by atoms with Crippen LogP contribution in [0.2, 0.25) is 5.02 Å². The second-order valence-electron chi connectivity index (χ2n) is 7.79. The molecular formula is C26H18BrClN2O4S. The number of Topliss-reactive ketones (excluding diaryl/α,β-unsaturated/α-hetero) is 1. The Hall–Kier alpha value is -3.20. The molecule has 5 rings (SSSR count). The van der Waals surface area contributed by atoms with Crippen LogP contribution in [0.15, 0.2) is 76.8 Å². The Morgan fingerprint density at radius 3 is 2.51 bits per heavy atom. The molecule has 35 heavy (non-hydrogen) atoms. The molecule has 1 aromatic heterocycles. The van der Waals surface area contributed by atoms with E-state index < -0.39 is 17.7 Å². The Kier molecular flexibility index (Phi) is 6.35. The van der Waals surface area contributed by atoms with Crippen LogP contribution in [0.5, 0.6) is 5.75 Å². The number of ketones is 1. The van der Waals surface area contributed by atoms with Gasteiger partial charge in [0.05, 0.1) is 28.4 Å². The Morgan fingerprint density at radius 1 is 1.11 bits per heavy atom. The number of hydrogen-bond acceptors (Lipinski definition) is 6. The molecule has 176 valence electrons. The third kappa shape index (κ3) is 4.33. The van der Waals surface area contributed by atoms with Crippen LogP contribution >= 0.6 is 38.9 Å². The highest BCUT2D eigenvalue weighted by molar-refractivity contribution is 9.10. The average Bonchev–Trinajstić information content (AvgIpc) is 3.38. The summed E-state index contributed by atoms with van der Waals surface area (Å²) in [5, 5.41) is 12.0. The maximum atomic E-state index is 13.3. The van der Waals surface area contributed by atoms with Crippen molar-refractivity contribution in [3.63, 3.8) is 0 Å². The van der Waals surface area contributed by atoms with Crippen molar-refractivity contribution in [2.24, 2.45) is 0 Å². The normalized spacial score (nSPS) is 17.3. The van der Waals surface area contributed by atoms with Gasteiger partial charge in [0.25, 0.3) is 5.78 Å². The zero-order chi connectivity index (χ0) is 24.7. The van der Waals surface area contributed by atoms with Gasteiger partial charge in [0, 0.05) is 15.1 Å². The molecule has 1 saturated heterocycles. The first-order chi connectivity index (χ1) is 16.9. The van der Waals surface area contributed by atoms with Crippen LogP contribution in [-0.4, -0.2) is 28.4 Å². The largest absolute Gasteiger partial charge is 0.507 e. The molecule has 3 aromatic carbocycles. The number of fused-ring (bicyclic) bond motifs is 1. The molecule has 0 bridgehead atoms. The number of carbonyl (C=O) groups excluding carboxylic acids is 2. The fraction of sp³-hybridized carbons (Fsp3) is 0.115. The first kappa shape index (κ1) is 23.5. The van der Waals surface area contributed by atoms with Crippen LogP contribution in [0.25, 0.3) is 16.0 Å². The number of amides is 1. The summed E-state index contributed by atoms with van der Waals surface area (Å²) in [4.78, 5) is 32.6. The van der Waals surface area contributed by atoms with Crippen LogP contribution in [0, 0.1) is 0 Å². The van der Waals surface area contributed by atoms with Gasteiger partial charge in [-0.3, -0.25) is 14.5 Å². The van der Waals surface area contributed by atoms with Crippen LogP contribution in [0.3, 0.4) is 0 Å². The molecule has 1 fully saturated rings. The minimum atomic E-state index is -0.856. The fourth-order valence-corrected chi connectivity index (χ4v) is 5.42. The van der Waals surface area contributed by atoms with Crippen molar-refractivity contribution in [1.82, 2.24) is 4.98 Å². The van der Waals surface area contributed by atoms with Crippen molar-refractivity contribution >= 4 is 71.7 Å². The molecule has 2 heterocycles. The number of hydrogen-bond donors (Lipinski definition) is 1. The van der Waals surface area contributed by atoms with Gasteiger partial charge in [-0.1, -0.05) is 51.0 Å². The summed E-state index contributed by atoms with van der Waals surface area (Å²) in [7, 11) is 0. The number of aliphatic hydroxyl groups is 1. The van der Waals surface area contributed by atoms with E-state index in [1.165, 1.54) is 16.2 Å². The summed E-state index contributed by atoms with van der Waals surface area (Å²) < 4.78 is 7.25. The molecule has 1 amide bonds. The summed E-state index contributed by atoms with van der Waals surface area (Å²) in [5.41, 5.74) is 1.73. The summed E-state index contributed by atoms with van der Waals surface area (Å²) in [6.45, 7) is 2.43. The van der Waals surface area contributed by atoms with Gasteiger partial charge in [0.15, 0.2) is 5.13 Å². The van der Waals surface area contributed by atoms with Gasteiger partial charge in [0.2, 0.25) is 0 Å².